The lowest BCUT2D eigenvalue weighted by Crippen LogP contribution is -2.45. The number of benzene rings is 1. The molecule has 0 N–H and O–H groups in total. The van der Waals surface area contributed by atoms with Gasteiger partial charge in [-0.1, -0.05) is 30.3 Å². The summed E-state index contributed by atoms with van der Waals surface area (Å²) in [5.41, 5.74) is 1.79. The van der Waals surface area contributed by atoms with Gasteiger partial charge in [0.1, 0.15) is 4.88 Å². The van der Waals surface area contributed by atoms with Crippen LogP contribution in [-0.2, 0) is 0 Å². The van der Waals surface area contributed by atoms with Crippen LogP contribution in [0.15, 0.2) is 48.7 Å². The highest BCUT2D eigenvalue weighted by Crippen LogP contribution is 2.30. The van der Waals surface area contributed by atoms with E-state index < -0.39 is 0 Å². The largest absolute Gasteiger partial charge is 0.355 e. The van der Waals surface area contributed by atoms with Crippen molar-refractivity contribution in [1.29, 1.82) is 0 Å². The van der Waals surface area contributed by atoms with E-state index in [0.29, 0.717) is 6.04 Å². The zero-order valence-corrected chi connectivity index (χ0v) is 16.9. The van der Waals surface area contributed by atoms with Gasteiger partial charge in [0, 0.05) is 37.9 Å². The number of carbonyl (C=O) groups excluding carboxylic acids is 1. The van der Waals surface area contributed by atoms with Crippen molar-refractivity contribution in [3.63, 3.8) is 0 Å². The van der Waals surface area contributed by atoms with Crippen LogP contribution in [0.25, 0.3) is 11.3 Å². The van der Waals surface area contributed by atoms with Crippen LogP contribution in [0.2, 0.25) is 0 Å². The van der Waals surface area contributed by atoms with Gasteiger partial charge in [-0.05, 0) is 31.9 Å². The lowest BCUT2D eigenvalue weighted by molar-refractivity contribution is 0.0718. The predicted octanol–water partition coefficient (Wildman–Crippen LogP) is 3.65. The molecule has 28 heavy (non-hydrogen) atoms. The summed E-state index contributed by atoms with van der Waals surface area (Å²) in [4.78, 5) is 22.7. The monoisotopic (exact) mass is 393 g/mol. The standard InChI is InChI=1S/C21H23N5OS/c1-15-23-19(16-7-4-3-5-8-16)20(28-15)21(27)26-13-10-17(11-14-26)25(2)18-9-6-12-22-24-18/h3-9,12,17H,10-11,13-14H2,1-2H3. The van der Waals surface area contributed by atoms with E-state index in [1.54, 1.807) is 6.20 Å². The number of thiazole rings is 1. The third-order valence-electron chi connectivity index (χ3n) is 5.19. The molecule has 0 aliphatic carbocycles. The predicted molar refractivity (Wildman–Crippen MR) is 112 cm³/mol. The molecular formula is C21H23N5OS. The maximum Gasteiger partial charge on any atom is 0.266 e. The summed E-state index contributed by atoms with van der Waals surface area (Å²) in [7, 11) is 2.05. The Labute approximate surface area is 168 Å². The second kappa shape index (κ2) is 8.06. The first kappa shape index (κ1) is 18.6. The summed E-state index contributed by atoms with van der Waals surface area (Å²) in [6.07, 6.45) is 3.51. The molecule has 1 aromatic carbocycles. The molecule has 6 nitrogen and oxygen atoms in total. The quantitative estimate of drug-likeness (QED) is 0.677. The van der Waals surface area contributed by atoms with Gasteiger partial charge in [-0.2, -0.15) is 5.10 Å². The molecule has 7 heteroatoms. The minimum Gasteiger partial charge on any atom is -0.355 e. The first-order valence-corrected chi connectivity index (χ1v) is 10.3. The molecule has 1 saturated heterocycles. The minimum absolute atomic E-state index is 0.0880. The van der Waals surface area contributed by atoms with Gasteiger partial charge in [0.2, 0.25) is 0 Å². The molecule has 2 aromatic heterocycles. The summed E-state index contributed by atoms with van der Waals surface area (Å²) in [6, 6.07) is 14.2. The number of carbonyl (C=O) groups is 1. The van der Waals surface area contributed by atoms with Gasteiger partial charge in [-0.3, -0.25) is 4.79 Å². The smallest absolute Gasteiger partial charge is 0.266 e. The van der Waals surface area contributed by atoms with E-state index in [1.165, 1.54) is 11.3 Å². The fraction of sp³-hybridized carbons (Fsp3) is 0.333. The lowest BCUT2D eigenvalue weighted by atomic mass is 10.0. The van der Waals surface area contributed by atoms with Gasteiger partial charge in [-0.25, -0.2) is 4.98 Å². The zero-order valence-electron chi connectivity index (χ0n) is 16.1. The summed E-state index contributed by atoms with van der Waals surface area (Å²) in [5.74, 6) is 0.960. The third kappa shape index (κ3) is 3.75. The van der Waals surface area contributed by atoms with Crippen molar-refractivity contribution in [2.45, 2.75) is 25.8 Å². The van der Waals surface area contributed by atoms with Crippen LogP contribution in [0.1, 0.15) is 27.5 Å². The maximum atomic E-state index is 13.2. The molecule has 144 valence electrons. The van der Waals surface area contributed by atoms with Crippen molar-refractivity contribution >= 4 is 23.1 Å². The average Bonchev–Trinajstić information content (AvgIpc) is 3.16. The van der Waals surface area contributed by atoms with Crippen molar-refractivity contribution in [2.24, 2.45) is 0 Å². The van der Waals surface area contributed by atoms with Crippen molar-refractivity contribution in [3.8, 4) is 11.3 Å². The molecule has 0 unspecified atom stereocenters. The van der Waals surface area contributed by atoms with Gasteiger partial charge < -0.3 is 9.80 Å². The number of piperidine rings is 1. The summed E-state index contributed by atoms with van der Waals surface area (Å²) < 4.78 is 0. The Hall–Kier alpha value is -2.80. The molecule has 0 saturated carbocycles. The fourth-order valence-corrected chi connectivity index (χ4v) is 4.54. The molecule has 4 rings (SSSR count). The van der Waals surface area contributed by atoms with Gasteiger partial charge >= 0.3 is 0 Å². The normalized spacial score (nSPS) is 14.9. The molecule has 1 amide bonds. The summed E-state index contributed by atoms with van der Waals surface area (Å²) in [6.45, 7) is 3.43. The molecule has 0 bridgehead atoms. The van der Waals surface area contributed by atoms with Crippen LogP contribution in [0, 0.1) is 6.92 Å². The summed E-state index contributed by atoms with van der Waals surface area (Å²) in [5, 5.41) is 9.07. The zero-order chi connectivity index (χ0) is 19.5. The first-order chi connectivity index (χ1) is 13.6. The molecule has 1 aliphatic heterocycles. The molecule has 3 heterocycles. The highest BCUT2D eigenvalue weighted by molar-refractivity contribution is 7.14. The van der Waals surface area contributed by atoms with E-state index in [4.69, 9.17) is 0 Å². The molecule has 3 aromatic rings. The van der Waals surface area contributed by atoms with E-state index in [0.717, 1.165) is 52.9 Å². The Kier molecular flexibility index (Phi) is 5.34. The number of rotatable bonds is 4. The van der Waals surface area contributed by atoms with Crippen molar-refractivity contribution in [2.75, 3.05) is 25.0 Å². The van der Waals surface area contributed by atoms with Gasteiger partial charge in [0.25, 0.3) is 5.91 Å². The SMILES string of the molecule is Cc1nc(-c2ccccc2)c(C(=O)N2CCC(N(C)c3cccnn3)CC2)s1. The fourth-order valence-electron chi connectivity index (χ4n) is 3.63. The number of aryl methyl sites for hydroxylation is 1. The van der Waals surface area contributed by atoms with E-state index >= 15 is 0 Å². The van der Waals surface area contributed by atoms with Crippen LogP contribution in [0.5, 0.6) is 0 Å². The Morgan fingerprint density at radius 1 is 1.14 bits per heavy atom. The Morgan fingerprint density at radius 2 is 1.89 bits per heavy atom. The number of likely N-dealkylation sites (tertiary alicyclic amines) is 1. The molecular weight excluding hydrogens is 370 g/mol. The van der Waals surface area contributed by atoms with Gasteiger partial charge in [0.05, 0.1) is 10.7 Å². The number of aromatic nitrogens is 3. The van der Waals surface area contributed by atoms with Crippen LogP contribution < -0.4 is 4.90 Å². The van der Waals surface area contributed by atoms with Crippen molar-refractivity contribution < 1.29 is 4.79 Å². The summed E-state index contributed by atoms with van der Waals surface area (Å²) >= 11 is 1.48. The second-order valence-corrected chi connectivity index (χ2v) is 8.20. The number of nitrogens with zero attached hydrogens (tertiary/aromatic N) is 5. The first-order valence-electron chi connectivity index (χ1n) is 9.46. The maximum absolute atomic E-state index is 13.2. The van der Waals surface area contributed by atoms with Crippen LogP contribution >= 0.6 is 11.3 Å². The number of anilines is 1. The van der Waals surface area contributed by atoms with Crippen LogP contribution in [0.3, 0.4) is 0 Å². The third-order valence-corrected chi connectivity index (χ3v) is 6.15. The molecule has 0 radical (unpaired) electrons. The van der Waals surface area contributed by atoms with Crippen molar-refractivity contribution in [3.05, 3.63) is 58.5 Å². The Balaban J connectivity index is 1.47. The number of hydrogen-bond acceptors (Lipinski definition) is 6. The molecule has 1 fully saturated rings. The highest BCUT2D eigenvalue weighted by Gasteiger charge is 2.29. The topological polar surface area (TPSA) is 62.2 Å². The van der Waals surface area contributed by atoms with E-state index in [2.05, 4.69) is 20.1 Å². The molecule has 1 aliphatic rings. The second-order valence-electron chi connectivity index (χ2n) is 6.99. The van der Waals surface area contributed by atoms with Crippen LogP contribution in [0.4, 0.5) is 5.82 Å². The minimum atomic E-state index is 0.0880. The molecule has 0 spiro atoms. The van der Waals surface area contributed by atoms with E-state index in [1.807, 2.05) is 61.3 Å². The Morgan fingerprint density at radius 3 is 2.57 bits per heavy atom. The average molecular weight is 394 g/mol. The van der Waals surface area contributed by atoms with Crippen LogP contribution in [-0.4, -0.2) is 52.2 Å². The van der Waals surface area contributed by atoms with Crippen molar-refractivity contribution in [1.82, 2.24) is 20.1 Å². The Bertz CT molecular complexity index is 936. The van der Waals surface area contributed by atoms with Gasteiger partial charge in [-0.15, -0.1) is 16.4 Å². The molecule has 0 atom stereocenters. The highest BCUT2D eigenvalue weighted by atomic mass is 32.1. The lowest BCUT2D eigenvalue weighted by Gasteiger charge is -2.37. The van der Waals surface area contributed by atoms with Gasteiger partial charge in [0.15, 0.2) is 5.82 Å². The van der Waals surface area contributed by atoms with E-state index in [9.17, 15) is 4.79 Å². The van der Waals surface area contributed by atoms with E-state index in [-0.39, 0.29) is 5.91 Å². The number of hydrogen-bond donors (Lipinski definition) is 0. The number of amides is 1.